The van der Waals surface area contributed by atoms with Gasteiger partial charge in [0, 0.05) is 24.7 Å². The molecule has 8 nitrogen and oxygen atoms in total. The summed E-state index contributed by atoms with van der Waals surface area (Å²) in [5.41, 5.74) is 0.929. The van der Waals surface area contributed by atoms with Crippen molar-refractivity contribution in [2.75, 3.05) is 4.72 Å². The number of para-hydroxylation sites is 1. The third kappa shape index (κ3) is 3.36. The van der Waals surface area contributed by atoms with Gasteiger partial charge in [0.05, 0.1) is 10.6 Å². The number of hydrogen-bond acceptors (Lipinski definition) is 5. The summed E-state index contributed by atoms with van der Waals surface area (Å²) in [5, 5.41) is 15.3. The molecule has 9 heteroatoms. The van der Waals surface area contributed by atoms with Crippen LogP contribution in [0.1, 0.15) is 0 Å². The zero-order chi connectivity index (χ0) is 18.0. The van der Waals surface area contributed by atoms with E-state index >= 15 is 0 Å². The van der Waals surface area contributed by atoms with Crippen LogP contribution in [0, 0.1) is 10.1 Å². The minimum atomic E-state index is -4.13. The van der Waals surface area contributed by atoms with Crippen molar-refractivity contribution in [3.63, 3.8) is 0 Å². The normalized spacial score (nSPS) is 11.2. The predicted molar refractivity (Wildman–Crippen MR) is 92.5 cm³/mol. The Labute approximate surface area is 143 Å². The average Bonchev–Trinajstić information content (AvgIpc) is 2.96. The number of sulfonamides is 1. The van der Waals surface area contributed by atoms with E-state index in [1.165, 1.54) is 22.9 Å². The van der Waals surface area contributed by atoms with Gasteiger partial charge < -0.3 is 0 Å². The summed E-state index contributed by atoms with van der Waals surface area (Å²) < 4.78 is 28.9. The van der Waals surface area contributed by atoms with Gasteiger partial charge in [-0.2, -0.15) is 5.10 Å². The maximum absolute atomic E-state index is 12.6. The molecule has 1 N–H and O–H groups in total. The first-order valence-electron chi connectivity index (χ1n) is 7.24. The summed E-state index contributed by atoms with van der Waals surface area (Å²) in [5.74, 6) is 0.206. The number of nitrogens with one attached hydrogen (secondary N) is 1. The molecular weight excluding hydrogens is 344 g/mol. The number of nitro groups is 1. The van der Waals surface area contributed by atoms with Crippen molar-refractivity contribution < 1.29 is 13.3 Å². The number of nitro benzene ring substituents is 1. The molecule has 0 saturated heterocycles. The Morgan fingerprint density at radius 3 is 2.40 bits per heavy atom. The molecule has 25 heavy (non-hydrogen) atoms. The maximum Gasteiger partial charge on any atom is 0.289 e. The van der Waals surface area contributed by atoms with Crippen LogP contribution >= 0.6 is 0 Å². The van der Waals surface area contributed by atoms with Crippen molar-refractivity contribution in [3.8, 4) is 11.3 Å². The van der Waals surface area contributed by atoms with Gasteiger partial charge in [0.2, 0.25) is 0 Å². The van der Waals surface area contributed by atoms with Gasteiger partial charge in [-0.25, -0.2) is 8.42 Å². The maximum atomic E-state index is 12.6. The molecular formula is C16H14N4O4S. The van der Waals surface area contributed by atoms with Crippen LogP contribution in [0.2, 0.25) is 0 Å². The lowest BCUT2D eigenvalue weighted by atomic mass is 10.2. The summed E-state index contributed by atoms with van der Waals surface area (Å²) in [6, 6.07) is 16.0. The molecule has 0 bridgehead atoms. The highest BCUT2D eigenvalue weighted by Crippen LogP contribution is 2.27. The Bertz CT molecular complexity index is 1030. The topological polar surface area (TPSA) is 107 Å². The second kappa shape index (κ2) is 6.36. The number of rotatable bonds is 5. The lowest BCUT2D eigenvalue weighted by molar-refractivity contribution is -0.387. The Hall–Kier alpha value is -3.20. The minimum absolute atomic E-state index is 0.206. The first-order chi connectivity index (χ1) is 11.9. The van der Waals surface area contributed by atoms with Crippen molar-refractivity contribution in [2.24, 2.45) is 7.05 Å². The van der Waals surface area contributed by atoms with Crippen molar-refractivity contribution in [3.05, 3.63) is 70.8 Å². The molecule has 3 rings (SSSR count). The average molecular weight is 358 g/mol. The first kappa shape index (κ1) is 16.7. The molecule has 0 aliphatic heterocycles. The second-order valence-electron chi connectivity index (χ2n) is 5.23. The van der Waals surface area contributed by atoms with E-state index in [0.29, 0.717) is 5.69 Å². The molecule has 1 aromatic heterocycles. The zero-order valence-electron chi connectivity index (χ0n) is 13.2. The summed E-state index contributed by atoms with van der Waals surface area (Å²) in [7, 11) is -2.55. The number of aryl methyl sites for hydroxylation is 1. The largest absolute Gasteiger partial charge is 0.289 e. The Kier molecular flexibility index (Phi) is 4.24. The van der Waals surface area contributed by atoms with E-state index in [-0.39, 0.29) is 5.82 Å². The lowest BCUT2D eigenvalue weighted by Crippen LogP contribution is -2.16. The summed E-state index contributed by atoms with van der Waals surface area (Å²) >= 11 is 0. The molecule has 0 saturated carbocycles. The minimum Gasteiger partial charge on any atom is -0.263 e. The van der Waals surface area contributed by atoms with Crippen molar-refractivity contribution in [1.82, 2.24) is 9.78 Å². The molecule has 0 spiro atoms. The zero-order valence-corrected chi connectivity index (χ0v) is 14.0. The third-order valence-corrected chi connectivity index (χ3v) is 4.94. The van der Waals surface area contributed by atoms with Crippen molar-refractivity contribution >= 4 is 21.5 Å². The molecule has 0 aliphatic rings. The van der Waals surface area contributed by atoms with Crippen LogP contribution in [0.4, 0.5) is 11.5 Å². The summed E-state index contributed by atoms with van der Waals surface area (Å²) in [4.78, 5) is 9.94. The van der Waals surface area contributed by atoms with Gasteiger partial charge in [-0.3, -0.25) is 19.5 Å². The van der Waals surface area contributed by atoms with Crippen LogP contribution < -0.4 is 4.72 Å². The van der Waals surface area contributed by atoms with Gasteiger partial charge in [-0.15, -0.1) is 0 Å². The van der Waals surface area contributed by atoms with E-state index in [2.05, 4.69) is 9.82 Å². The van der Waals surface area contributed by atoms with Crippen molar-refractivity contribution in [2.45, 2.75) is 4.90 Å². The fourth-order valence-electron chi connectivity index (χ4n) is 2.34. The van der Waals surface area contributed by atoms with Crippen LogP contribution in [-0.4, -0.2) is 23.1 Å². The van der Waals surface area contributed by atoms with E-state index in [0.717, 1.165) is 11.6 Å². The second-order valence-corrected chi connectivity index (χ2v) is 6.89. The number of aromatic nitrogens is 2. The van der Waals surface area contributed by atoms with E-state index < -0.39 is 25.5 Å². The highest BCUT2D eigenvalue weighted by Gasteiger charge is 2.26. The molecule has 1 heterocycles. The molecule has 0 radical (unpaired) electrons. The lowest BCUT2D eigenvalue weighted by Gasteiger charge is -2.08. The molecule has 3 aromatic rings. The molecule has 0 aliphatic carbocycles. The fourth-order valence-corrected chi connectivity index (χ4v) is 3.59. The van der Waals surface area contributed by atoms with Gasteiger partial charge in [0.1, 0.15) is 5.82 Å². The molecule has 0 fully saturated rings. The van der Waals surface area contributed by atoms with Gasteiger partial charge in [-0.05, 0) is 6.07 Å². The molecule has 0 atom stereocenters. The van der Waals surface area contributed by atoms with Gasteiger partial charge >= 0.3 is 0 Å². The van der Waals surface area contributed by atoms with E-state index in [4.69, 9.17) is 0 Å². The van der Waals surface area contributed by atoms with Crippen LogP contribution in [0.5, 0.6) is 0 Å². The number of anilines is 1. The quantitative estimate of drug-likeness (QED) is 0.557. The van der Waals surface area contributed by atoms with Crippen LogP contribution in [0.25, 0.3) is 11.3 Å². The number of benzene rings is 2. The standard InChI is InChI=1S/C16H14N4O4S/c1-19-16(11-13(17-19)12-7-3-2-4-8-12)18-25(23,24)15-10-6-5-9-14(15)20(21)22/h2-11,18H,1H3. The van der Waals surface area contributed by atoms with Gasteiger partial charge in [0.25, 0.3) is 15.7 Å². The third-order valence-electron chi connectivity index (χ3n) is 3.54. The smallest absolute Gasteiger partial charge is 0.263 e. The first-order valence-corrected chi connectivity index (χ1v) is 8.72. The van der Waals surface area contributed by atoms with Crippen LogP contribution in [0.15, 0.2) is 65.6 Å². The van der Waals surface area contributed by atoms with Gasteiger partial charge in [-0.1, -0.05) is 42.5 Å². The van der Waals surface area contributed by atoms with Gasteiger partial charge in [0.15, 0.2) is 4.90 Å². The van der Waals surface area contributed by atoms with E-state index in [1.807, 2.05) is 30.3 Å². The number of hydrogen-bond donors (Lipinski definition) is 1. The molecule has 2 aromatic carbocycles. The van der Waals surface area contributed by atoms with E-state index in [9.17, 15) is 18.5 Å². The summed E-state index contributed by atoms with van der Waals surface area (Å²) in [6.45, 7) is 0. The molecule has 0 amide bonds. The van der Waals surface area contributed by atoms with Crippen LogP contribution in [0.3, 0.4) is 0 Å². The molecule has 128 valence electrons. The van der Waals surface area contributed by atoms with Crippen LogP contribution in [-0.2, 0) is 17.1 Å². The van der Waals surface area contributed by atoms with Crippen molar-refractivity contribution in [1.29, 1.82) is 0 Å². The Morgan fingerprint density at radius 1 is 1.08 bits per heavy atom. The molecule has 0 unspecified atom stereocenters. The monoisotopic (exact) mass is 358 g/mol. The predicted octanol–water partition coefficient (Wildman–Crippen LogP) is 2.80. The summed E-state index contributed by atoms with van der Waals surface area (Å²) in [6.07, 6.45) is 0. The SMILES string of the molecule is Cn1nc(-c2ccccc2)cc1NS(=O)(=O)c1ccccc1[N+](=O)[O-]. The Morgan fingerprint density at radius 2 is 1.72 bits per heavy atom. The Balaban J connectivity index is 1.98. The fraction of sp³-hybridized carbons (Fsp3) is 0.0625. The van der Waals surface area contributed by atoms with E-state index in [1.54, 1.807) is 13.1 Å². The highest BCUT2D eigenvalue weighted by molar-refractivity contribution is 7.92. The highest BCUT2D eigenvalue weighted by atomic mass is 32.2. The number of nitrogens with zero attached hydrogens (tertiary/aromatic N) is 3.